The molecule has 10 heteroatoms. The number of primary amides is 1. The monoisotopic (exact) mass is 374 g/mol. The highest BCUT2D eigenvalue weighted by molar-refractivity contribution is 5.88. The van der Waals surface area contributed by atoms with Gasteiger partial charge in [0.15, 0.2) is 6.61 Å². The molecule has 0 saturated carbocycles. The van der Waals surface area contributed by atoms with Gasteiger partial charge in [-0.2, -0.15) is 10.1 Å². The van der Waals surface area contributed by atoms with Crippen molar-refractivity contribution < 1.29 is 19.1 Å². The fourth-order valence-corrected chi connectivity index (χ4v) is 3.36. The Morgan fingerprint density at radius 2 is 2.07 bits per heavy atom. The molecule has 27 heavy (non-hydrogen) atoms. The molecule has 3 rings (SSSR count). The number of aromatic nitrogens is 4. The summed E-state index contributed by atoms with van der Waals surface area (Å²) in [5.74, 6) is -1.04. The number of fused-ring (bicyclic) bond motifs is 1. The Balaban J connectivity index is 1.63. The van der Waals surface area contributed by atoms with Crippen LogP contribution in [0.15, 0.2) is 6.33 Å². The minimum Gasteiger partial charge on any atom is -0.455 e. The number of hydrogen-bond donors (Lipinski definition) is 1. The predicted molar refractivity (Wildman–Crippen MR) is 93.5 cm³/mol. The first-order chi connectivity index (χ1) is 12.9. The standard InChI is InChI=1S/C17H22N6O4/c1-10-12(11(2)23-17(21-10)19-9-20-23)7-15(25)27-8-14(24)22-6-4-3-5-13(22)16(18)26/h9,13H,3-8H2,1-2H3,(H2,18,26)/t13-/m1/s1. The van der Waals surface area contributed by atoms with Crippen LogP contribution in [-0.2, 0) is 25.5 Å². The smallest absolute Gasteiger partial charge is 0.310 e. The van der Waals surface area contributed by atoms with Crippen LogP contribution < -0.4 is 5.73 Å². The summed E-state index contributed by atoms with van der Waals surface area (Å²) in [5.41, 5.74) is 7.43. The van der Waals surface area contributed by atoms with E-state index in [0.717, 1.165) is 18.5 Å². The van der Waals surface area contributed by atoms with Gasteiger partial charge in [-0.05, 0) is 33.1 Å². The Morgan fingerprint density at radius 3 is 2.81 bits per heavy atom. The summed E-state index contributed by atoms with van der Waals surface area (Å²) in [6.07, 6.45) is 3.53. The quantitative estimate of drug-likeness (QED) is 0.710. The summed E-state index contributed by atoms with van der Waals surface area (Å²) in [5, 5.41) is 4.07. The van der Waals surface area contributed by atoms with E-state index in [1.54, 1.807) is 11.4 Å². The van der Waals surface area contributed by atoms with Crippen molar-refractivity contribution in [2.75, 3.05) is 13.2 Å². The normalized spacial score (nSPS) is 17.1. The van der Waals surface area contributed by atoms with Crippen LogP contribution in [0.1, 0.15) is 36.2 Å². The van der Waals surface area contributed by atoms with Crippen molar-refractivity contribution in [2.24, 2.45) is 5.73 Å². The second-order valence-corrected chi connectivity index (χ2v) is 6.57. The van der Waals surface area contributed by atoms with Gasteiger partial charge in [0, 0.05) is 23.5 Å². The number of nitrogens with two attached hydrogens (primary N) is 1. The van der Waals surface area contributed by atoms with Crippen LogP contribution in [0.25, 0.3) is 5.78 Å². The first-order valence-electron chi connectivity index (χ1n) is 8.78. The molecule has 0 aromatic carbocycles. The molecule has 1 aliphatic rings. The molecular weight excluding hydrogens is 352 g/mol. The summed E-state index contributed by atoms with van der Waals surface area (Å²) in [7, 11) is 0. The molecule has 10 nitrogen and oxygen atoms in total. The topological polar surface area (TPSA) is 133 Å². The van der Waals surface area contributed by atoms with E-state index in [1.165, 1.54) is 11.2 Å². The maximum absolute atomic E-state index is 12.4. The van der Waals surface area contributed by atoms with E-state index >= 15 is 0 Å². The molecule has 0 aliphatic carbocycles. The maximum atomic E-state index is 12.4. The van der Waals surface area contributed by atoms with Crippen molar-refractivity contribution in [3.05, 3.63) is 23.3 Å². The van der Waals surface area contributed by atoms with E-state index < -0.39 is 30.4 Å². The number of esters is 1. The number of rotatable bonds is 5. The minimum absolute atomic E-state index is 0.0347. The van der Waals surface area contributed by atoms with Gasteiger partial charge in [0.25, 0.3) is 11.7 Å². The molecule has 144 valence electrons. The fraction of sp³-hybridized carbons (Fsp3) is 0.529. The van der Waals surface area contributed by atoms with Crippen molar-refractivity contribution >= 4 is 23.6 Å². The van der Waals surface area contributed by atoms with E-state index in [2.05, 4.69) is 15.1 Å². The lowest BCUT2D eigenvalue weighted by Crippen LogP contribution is -2.51. The molecule has 1 saturated heterocycles. The van der Waals surface area contributed by atoms with Gasteiger partial charge in [-0.3, -0.25) is 14.4 Å². The summed E-state index contributed by atoms with van der Waals surface area (Å²) in [6, 6.07) is -0.631. The van der Waals surface area contributed by atoms with Gasteiger partial charge in [0.1, 0.15) is 12.4 Å². The molecule has 1 fully saturated rings. The van der Waals surface area contributed by atoms with Gasteiger partial charge in [-0.25, -0.2) is 9.50 Å². The molecule has 2 aromatic rings. The lowest BCUT2D eigenvalue weighted by atomic mass is 10.0. The minimum atomic E-state index is -0.631. The average molecular weight is 374 g/mol. The van der Waals surface area contributed by atoms with Crippen molar-refractivity contribution in [1.29, 1.82) is 0 Å². The van der Waals surface area contributed by atoms with Crippen LogP contribution in [0.2, 0.25) is 0 Å². The zero-order valence-corrected chi connectivity index (χ0v) is 15.3. The van der Waals surface area contributed by atoms with Crippen LogP contribution >= 0.6 is 0 Å². The van der Waals surface area contributed by atoms with E-state index in [9.17, 15) is 14.4 Å². The third-order valence-corrected chi connectivity index (χ3v) is 4.82. The van der Waals surface area contributed by atoms with Crippen molar-refractivity contribution in [2.45, 2.75) is 45.6 Å². The summed E-state index contributed by atoms with van der Waals surface area (Å²) in [6.45, 7) is 3.62. The van der Waals surface area contributed by atoms with Gasteiger partial charge in [-0.1, -0.05) is 0 Å². The Morgan fingerprint density at radius 1 is 1.30 bits per heavy atom. The van der Waals surface area contributed by atoms with E-state index in [1.807, 2.05) is 6.92 Å². The molecular formula is C17H22N6O4. The van der Waals surface area contributed by atoms with Crippen LogP contribution in [-0.4, -0.2) is 61.5 Å². The van der Waals surface area contributed by atoms with E-state index in [4.69, 9.17) is 10.5 Å². The molecule has 2 N–H and O–H groups in total. The second kappa shape index (κ2) is 7.68. The number of hydrogen-bond acceptors (Lipinski definition) is 7. The molecule has 0 radical (unpaired) electrons. The van der Waals surface area contributed by atoms with Gasteiger partial charge >= 0.3 is 5.97 Å². The van der Waals surface area contributed by atoms with Crippen LogP contribution in [0.4, 0.5) is 0 Å². The lowest BCUT2D eigenvalue weighted by Gasteiger charge is -2.33. The number of carbonyl (C=O) groups is 3. The van der Waals surface area contributed by atoms with Gasteiger partial charge < -0.3 is 15.4 Å². The zero-order chi connectivity index (χ0) is 19.6. The van der Waals surface area contributed by atoms with E-state index in [0.29, 0.717) is 30.0 Å². The first-order valence-corrected chi connectivity index (χ1v) is 8.78. The van der Waals surface area contributed by atoms with Crippen LogP contribution in [0.3, 0.4) is 0 Å². The SMILES string of the molecule is Cc1nc2ncnn2c(C)c1CC(=O)OCC(=O)N1CCCC[C@@H]1C(N)=O. The van der Waals surface area contributed by atoms with Gasteiger partial charge in [-0.15, -0.1) is 0 Å². The van der Waals surface area contributed by atoms with Crippen molar-refractivity contribution in [3.63, 3.8) is 0 Å². The Kier molecular flexibility index (Phi) is 5.33. The van der Waals surface area contributed by atoms with Gasteiger partial charge in [0.05, 0.1) is 6.42 Å². The number of nitrogens with zero attached hydrogens (tertiary/aromatic N) is 5. The highest BCUT2D eigenvalue weighted by atomic mass is 16.5. The Bertz CT molecular complexity index is 893. The third-order valence-electron chi connectivity index (χ3n) is 4.82. The summed E-state index contributed by atoms with van der Waals surface area (Å²) in [4.78, 5) is 45.8. The zero-order valence-electron chi connectivity index (χ0n) is 15.3. The number of piperidine rings is 1. The molecule has 0 bridgehead atoms. The largest absolute Gasteiger partial charge is 0.455 e. The number of likely N-dealkylation sites (tertiary alicyclic amines) is 1. The highest BCUT2D eigenvalue weighted by Crippen LogP contribution is 2.17. The van der Waals surface area contributed by atoms with E-state index in [-0.39, 0.29) is 6.42 Å². The fourth-order valence-electron chi connectivity index (χ4n) is 3.36. The molecule has 1 atom stereocenters. The number of amides is 2. The summed E-state index contributed by atoms with van der Waals surface area (Å²) < 4.78 is 6.68. The lowest BCUT2D eigenvalue weighted by molar-refractivity contribution is -0.154. The summed E-state index contributed by atoms with van der Waals surface area (Å²) >= 11 is 0. The second-order valence-electron chi connectivity index (χ2n) is 6.57. The first kappa shape index (κ1) is 18.7. The number of ether oxygens (including phenoxy) is 1. The van der Waals surface area contributed by atoms with Crippen molar-refractivity contribution in [3.8, 4) is 0 Å². The molecule has 0 spiro atoms. The molecule has 3 heterocycles. The van der Waals surface area contributed by atoms with Crippen LogP contribution in [0, 0.1) is 13.8 Å². The molecule has 0 unspecified atom stereocenters. The van der Waals surface area contributed by atoms with Crippen molar-refractivity contribution in [1.82, 2.24) is 24.5 Å². The maximum Gasteiger partial charge on any atom is 0.310 e. The van der Waals surface area contributed by atoms with Gasteiger partial charge in [0.2, 0.25) is 5.91 Å². The third kappa shape index (κ3) is 3.88. The highest BCUT2D eigenvalue weighted by Gasteiger charge is 2.31. The molecule has 2 amide bonds. The average Bonchev–Trinajstić information content (AvgIpc) is 3.11. The molecule has 1 aliphatic heterocycles. The predicted octanol–water partition coefficient (Wildman–Crippen LogP) is -0.307. The molecule has 2 aromatic heterocycles. The van der Waals surface area contributed by atoms with Crippen LogP contribution in [0.5, 0.6) is 0 Å². The number of carbonyl (C=O) groups excluding carboxylic acids is 3. The Hall–Kier alpha value is -3.04. The number of aryl methyl sites for hydroxylation is 2. The Labute approximate surface area is 155 Å².